The first-order valence-corrected chi connectivity index (χ1v) is 13.7. The third kappa shape index (κ3) is 7.28. The monoisotopic (exact) mass is 550 g/mol. The van der Waals surface area contributed by atoms with E-state index in [1.807, 2.05) is 45.9 Å². The summed E-state index contributed by atoms with van der Waals surface area (Å²) in [6.07, 6.45) is 7.02. The van der Waals surface area contributed by atoms with Crippen molar-refractivity contribution in [2.24, 2.45) is 4.99 Å². The van der Waals surface area contributed by atoms with Gasteiger partial charge in [0.15, 0.2) is 5.88 Å². The summed E-state index contributed by atoms with van der Waals surface area (Å²) >= 11 is 0. The number of nitrogens with one attached hydrogen (secondary N) is 1. The third-order valence-electron chi connectivity index (χ3n) is 6.54. The van der Waals surface area contributed by atoms with E-state index in [0.717, 1.165) is 36.9 Å². The SMILES string of the molecule is Cc1cc(N=Cc2c(O)[nH]c3ncnc(N4CCN(C(=O)OC(C)(C)C)CC4)c23)ccc1OCCCCCC=O. The molecule has 1 fully saturated rings. The second-order valence-electron chi connectivity index (χ2n) is 10.8. The summed E-state index contributed by atoms with van der Waals surface area (Å²) in [5.41, 5.74) is 2.13. The first-order valence-electron chi connectivity index (χ1n) is 13.7. The molecule has 11 nitrogen and oxygen atoms in total. The smallest absolute Gasteiger partial charge is 0.410 e. The number of benzene rings is 1. The number of H-pyrrole nitrogens is 1. The van der Waals surface area contributed by atoms with Gasteiger partial charge in [0.25, 0.3) is 0 Å². The van der Waals surface area contributed by atoms with Crippen molar-refractivity contribution in [2.75, 3.05) is 37.7 Å². The van der Waals surface area contributed by atoms with Gasteiger partial charge in [-0.1, -0.05) is 0 Å². The lowest BCUT2D eigenvalue weighted by molar-refractivity contribution is -0.107. The minimum atomic E-state index is -0.548. The van der Waals surface area contributed by atoms with Crippen molar-refractivity contribution >= 4 is 41.1 Å². The molecule has 1 aliphatic heterocycles. The molecule has 2 N–H and O–H groups in total. The first-order chi connectivity index (χ1) is 19.2. The standard InChI is InChI=1S/C29H38N6O5/c1-20-17-21(9-10-23(20)39-16-8-6-5-7-15-36)30-18-22-24-25(33-27(22)37)31-19-32-26(24)34-11-13-35(14-12-34)28(38)40-29(2,3)4/h9-10,15,17-19,37H,5-8,11-14,16H2,1-4H3,(H,31,32,33). The van der Waals surface area contributed by atoms with Crippen LogP contribution in [0.2, 0.25) is 0 Å². The molecule has 40 heavy (non-hydrogen) atoms. The summed E-state index contributed by atoms with van der Waals surface area (Å²) in [4.78, 5) is 43.0. The van der Waals surface area contributed by atoms with Crippen molar-refractivity contribution in [2.45, 2.75) is 59.0 Å². The molecule has 0 atom stereocenters. The summed E-state index contributed by atoms with van der Waals surface area (Å²) in [7, 11) is 0. The van der Waals surface area contributed by atoms with Gasteiger partial charge in [0, 0.05) is 38.8 Å². The van der Waals surface area contributed by atoms with Gasteiger partial charge in [0.1, 0.15) is 35.4 Å². The number of aldehydes is 1. The second kappa shape index (κ2) is 12.8. The Hall–Kier alpha value is -4.15. The van der Waals surface area contributed by atoms with E-state index < -0.39 is 5.60 Å². The van der Waals surface area contributed by atoms with Crippen LogP contribution in [0.1, 0.15) is 57.6 Å². The van der Waals surface area contributed by atoms with E-state index in [-0.39, 0.29) is 12.0 Å². The fraction of sp³-hybridized carbons (Fsp3) is 0.483. The predicted molar refractivity (Wildman–Crippen MR) is 154 cm³/mol. The summed E-state index contributed by atoms with van der Waals surface area (Å²) in [6, 6.07) is 5.68. The number of aryl methyl sites for hydroxylation is 1. The van der Waals surface area contributed by atoms with Gasteiger partial charge in [-0.05, 0) is 70.7 Å². The van der Waals surface area contributed by atoms with E-state index >= 15 is 0 Å². The maximum Gasteiger partial charge on any atom is 0.410 e. The van der Waals surface area contributed by atoms with E-state index in [1.54, 1.807) is 11.1 Å². The highest BCUT2D eigenvalue weighted by Crippen LogP contribution is 2.33. The Bertz CT molecular complexity index is 1350. The summed E-state index contributed by atoms with van der Waals surface area (Å²) < 4.78 is 11.4. The number of aromatic hydroxyl groups is 1. The van der Waals surface area contributed by atoms with Crippen molar-refractivity contribution in [1.29, 1.82) is 0 Å². The van der Waals surface area contributed by atoms with Crippen molar-refractivity contribution in [1.82, 2.24) is 19.9 Å². The van der Waals surface area contributed by atoms with Crippen molar-refractivity contribution in [3.8, 4) is 11.6 Å². The maximum absolute atomic E-state index is 12.5. The number of hydrogen-bond donors (Lipinski definition) is 2. The van der Waals surface area contributed by atoms with Gasteiger partial charge >= 0.3 is 6.09 Å². The fourth-order valence-electron chi connectivity index (χ4n) is 4.51. The summed E-state index contributed by atoms with van der Waals surface area (Å²) in [6.45, 7) is 10.2. The molecule has 1 aliphatic rings. The lowest BCUT2D eigenvalue weighted by Crippen LogP contribution is -2.50. The number of carbonyl (C=O) groups excluding carboxylic acids is 2. The van der Waals surface area contributed by atoms with E-state index in [0.29, 0.717) is 67.3 Å². The maximum atomic E-state index is 12.5. The molecule has 1 saturated heterocycles. The molecular weight excluding hydrogens is 512 g/mol. The minimum absolute atomic E-state index is 0.0425. The Morgan fingerprint density at radius 1 is 1.15 bits per heavy atom. The van der Waals surface area contributed by atoms with E-state index in [4.69, 9.17) is 9.47 Å². The van der Waals surface area contributed by atoms with Crippen LogP contribution in [-0.4, -0.2) is 81.9 Å². The quantitative estimate of drug-likeness (QED) is 0.207. The molecule has 0 aliphatic carbocycles. The predicted octanol–water partition coefficient (Wildman–Crippen LogP) is 4.92. The average molecular weight is 551 g/mol. The number of aliphatic imine (C=N–C) groups is 1. The molecule has 214 valence electrons. The minimum Gasteiger partial charge on any atom is -0.494 e. The van der Waals surface area contributed by atoms with Gasteiger partial charge in [-0.25, -0.2) is 14.8 Å². The number of aromatic amines is 1. The third-order valence-corrected chi connectivity index (χ3v) is 6.54. The molecule has 0 radical (unpaired) electrons. The Morgan fingerprint density at radius 2 is 1.93 bits per heavy atom. The summed E-state index contributed by atoms with van der Waals surface area (Å²) in [5.74, 6) is 1.42. The second-order valence-corrected chi connectivity index (χ2v) is 10.8. The number of aromatic nitrogens is 3. The molecule has 0 unspecified atom stereocenters. The highest BCUT2D eigenvalue weighted by molar-refractivity contribution is 6.06. The Labute approximate surface area is 234 Å². The average Bonchev–Trinajstić information content (AvgIpc) is 3.24. The molecule has 2 aromatic heterocycles. The molecule has 3 aromatic rings. The largest absolute Gasteiger partial charge is 0.494 e. The van der Waals surface area contributed by atoms with Crippen LogP contribution in [0, 0.1) is 6.92 Å². The van der Waals surface area contributed by atoms with Crippen LogP contribution >= 0.6 is 0 Å². The zero-order valence-corrected chi connectivity index (χ0v) is 23.6. The number of amides is 1. The van der Waals surface area contributed by atoms with Crippen LogP contribution in [0.5, 0.6) is 11.6 Å². The van der Waals surface area contributed by atoms with E-state index in [9.17, 15) is 14.7 Å². The summed E-state index contributed by atoms with van der Waals surface area (Å²) in [5, 5.41) is 11.4. The van der Waals surface area contributed by atoms with Crippen LogP contribution in [-0.2, 0) is 9.53 Å². The van der Waals surface area contributed by atoms with Crippen molar-refractivity contribution in [3.05, 3.63) is 35.7 Å². The van der Waals surface area contributed by atoms with Crippen LogP contribution < -0.4 is 9.64 Å². The number of anilines is 1. The zero-order chi connectivity index (χ0) is 28.7. The molecule has 1 amide bonds. The molecule has 11 heteroatoms. The Kier molecular flexibility index (Phi) is 9.23. The fourth-order valence-corrected chi connectivity index (χ4v) is 4.51. The topological polar surface area (TPSA) is 133 Å². The molecule has 0 bridgehead atoms. The molecular formula is C29H38N6O5. The lowest BCUT2D eigenvalue weighted by atomic mass is 10.2. The van der Waals surface area contributed by atoms with Gasteiger partial charge in [0.05, 0.1) is 23.2 Å². The van der Waals surface area contributed by atoms with Crippen molar-refractivity contribution < 1.29 is 24.2 Å². The number of hydrogen-bond acceptors (Lipinski definition) is 9. The van der Waals surface area contributed by atoms with Crippen LogP contribution in [0.25, 0.3) is 11.0 Å². The number of carbonyl (C=O) groups is 2. The lowest BCUT2D eigenvalue weighted by Gasteiger charge is -2.36. The van der Waals surface area contributed by atoms with Gasteiger partial charge in [0.2, 0.25) is 0 Å². The Morgan fingerprint density at radius 3 is 2.62 bits per heavy atom. The van der Waals surface area contributed by atoms with Crippen LogP contribution in [0.4, 0.5) is 16.3 Å². The van der Waals surface area contributed by atoms with Crippen LogP contribution in [0.15, 0.2) is 29.5 Å². The van der Waals surface area contributed by atoms with Crippen LogP contribution in [0.3, 0.4) is 0 Å². The number of piperazine rings is 1. The van der Waals surface area contributed by atoms with Gasteiger partial charge < -0.3 is 34.2 Å². The van der Waals surface area contributed by atoms with Gasteiger partial charge in [-0.2, -0.15) is 0 Å². The Balaban J connectivity index is 1.46. The zero-order valence-electron chi connectivity index (χ0n) is 23.6. The molecule has 0 spiro atoms. The highest BCUT2D eigenvalue weighted by atomic mass is 16.6. The van der Waals surface area contributed by atoms with Gasteiger partial charge in [-0.3, -0.25) is 4.99 Å². The highest BCUT2D eigenvalue weighted by Gasteiger charge is 2.28. The van der Waals surface area contributed by atoms with Crippen molar-refractivity contribution in [3.63, 3.8) is 0 Å². The number of rotatable bonds is 10. The van der Waals surface area contributed by atoms with Gasteiger partial charge in [-0.15, -0.1) is 0 Å². The van der Waals surface area contributed by atoms with E-state index in [2.05, 4.69) is 24.8 Å². The number of unbranched alkanes of at least 4 members (excludes halogenated alkanes) is 3. The molecule has 0 saturated carbocycles. The first kappa shape index (κ1) is 28.8. The molecule has 1 aromatic carbocycles. The number of ether oxygens (including phenoxy) is 2. The normalized spacial score (nSPS) is 14.2. The van der Waals surface area contributed by atoms with E-state index in [1.165, 1.54) is 6.33 Å². The number of fused-ring (bicyclic) bond motifs is 1. The molecule has 3 heterocycles. The molecule has 4 rings (SSSR count). The number of nitrogens with zero attached hydrogens (tertiary/aromatic N) is 5.